The Bertz CT molecular complexity index is 623. The van der Waals surface area contributed by atoms with Crippen LogP contribution in [-0.4, -0.2) is 11.8 Å². The maximum absolute atomic E-state index is 11.8. The number of carbonyl (C=O) groups excluding carboxylic acids is 2. The lowest BCUT2D eigenvalue weighted by molar-refractivity contribution is -0.154. The molecule has 2 aromatic carbocycles. The van der Waals surface area contributed by atoms with Gasteiger partial charge in [0.1, 0.15) is 6.61 Å². The van der Waals surface area contributed by atoms with Gasteiger partial charge in [0.15, 0.2) is 0 Å². The van der Waals surface area contributed by atoms with Gasteiger partial charge in [-0.25, -0.2) is 4.79 Å². The van der Waals surface area contributed by atoms with E-state index in [1.165, 1.54) is 0 Å². The summed E-state index contributed by atoms with van der Waals surface area (Å²) in [5.74, 6) is -1.27. The third-order valence-corrected chi connectivity index (χ3v) is 3.79. The highest BCUT2D eigenvalue weighted by Crippen LogP contribution is 2.17. The molecule has 0 amide bonds. The molecule has 0 aliphatic rings. The predicted octanol–water partition coefficient (Wildman–Crippen LogP) is 3.69. The van der Waals surface area contributed by atoms with Crippen molar-refractivity contribution in [3.8, 4) is 0 Å². The highest BCUT2D eigenvalue weighted by atomic mass is 79.9. The van der Waals surface area contributed by atoms with E-state index in [9.17, 15) is 9.59 Å². The van der Waals surface area contributed by atoms with Crippen LogP contribution in [0.4, 0.5) is 0 Å². The zero-order chi connectivity index (χ0) is 15.1. The Morgan fingerprint density at radius 2 is 1.62 bits per heavy atom. The van der Waals surface area contributed by atoms with Gasteiger partial charge in [-0.05, 0) is 23.6 Å². The molecule has 0 heterocycles. The van der Waals surface area contributed by atoms with Crippen molar-refractivity contribution in [2.75, 3.05) is 0 Å². The Morgan fingerprint density at radius 1 is 0.952 bits per heavy atom. The topological polar surface area (TPSA) is 43.4 Å². The molecule has 0 saturated heterocycles. The van der Waals surface area contributed by atoms with Crippen LogP contribution in [0.3, 0.4) is 0 Å². The lowest BCUT2D eigenvalue weighted by Crippen LogP contribution is -2.17. The van der Waals surface area contributed by atoms with E-state index in [0.717, 1.165) is 15.6 Å². The van der Waals surface area contributed by atoms with Gasteiger partial charge in [-0.1, -0.05) is 64.5 Å². The van der Waals surface area contributed by atoms with E-state index in [0.29, 0.717) is 6.42 Å². The summed E-state index contributed by atoms with van der Waals surface area (Å²) in [6.07, 6.45) is 0.664. The van der Waals surface area contributed by atoms with E-state index in [1.807, 2.05) is 54.6 Å². The first-order valence-corrected chi connectivity index (χ1v) is 7.43. The number of aryl methyl sites for hydroxylation is 1. The summed E-state index contributed by atoms with van der Waals surface area (Å²) in [7, 11) is 0. The van der Waals surface area contributed by atoms with Crippen LogP contribution in [0.25, 0.3) is 0 Å². The van der Waals surface area contributed by atoms with Crippen LogP contribution >= 0.6 is 15.9 Å². The van der Waals surface area contributed by atoms with Crippen LogP contribution < -0.4 is 0 Å². The summed E-state index contributed by atoms with van der Waals surface area (Å²) in [6.45, 7) is 0.125. The minimum absolute atomic E-state index is 0.125. The normalized spacial score (nSPS) is 10.1. The molecule has 0 radical (unpaired) electrons. The van der Waals surface area contributed by atoms with Crippen molar-refractivity contribution in [2.24, 2.45) is 0 Å². The summed E-state index contributed by atoms with van der Waals surface area (Å²) in [6, 6.07) is 16.9. The summed E-state index contributed by atoms with van der Waals surface area (Å²) in [5.41, 5.74) is 1.87. The van der Waals surface area contributed by atoms with E-state index in [2.05, 4.69) is 15.9 Å². The first-order chi connectivity index (χ1) is 10.2. The number of rotatable bonds is 6. The molecule has 0 aliphatic carbocycles. The zero-order valence-electron chi connectivity index (χ0n) is 11.4. The van der Waals surface area contributed by atoms with Crippen molar-refractivity contribution >= 4 is 27.7 Å². The van der Waals surface area contributed by atoms with Crippen molar-refractivity contribution in [2.45, 2.75) is 19.4 Å². The molecule has 2 aromatic rings. The monoisotopic (exact) mass is 346 g/mol. The van der Waals surface area contributed by atoms with E-state index in [4.69, 9.17) is 4.74 Å². The second kappa shape index (κ2) is 7.74. The Kier molecular flexibility index (Phi) is 5.69. The number of Topliss-reactive ketones (excluding diaryl/α,β-unsaturated/α-hetero) is 1. The number of halogens is 1. The fourth-order valence-corrected chi connectivity index (χ4v) is 2.34. The highest BCUT2D eigenvalue weighted by molar-refractivity contribution is 9.10. The number of ether oxygens (including phenoxy) is 1. The SMILES string of the molecule is O=C(CCc1ccccc1Br)C(=O)OCc1ccccc1. The second-order valence-electron chi connectivity index (χ2n) is 4.58. The minimum Gasteiger partial charge on any atom is -0.455 e. The highest BCUT2D eigenvalue weighted by Gasteiger charge is 2.15. The maximum Gasteiger partial charge on any atom is 0.374 e. The van der Waals surface area contributed by atoms with Crippen molar-refractivity contribution < 1.29 is 14.3 Å². The van der Waals surface area contributed by atoms with Crippen LogP contribution in [-0.2, 0) is 27.4 Å². The van der Waals surface area contributed by atoms with Gasteiger partial charge in [0.2, 0.25) is 5.78 Å². The lowest BCUT2D eigenvalue weighted by atomic mass is 10.1. The molecule has 2 rings (SSSR count). The third-order valence-electron chi connectivity index (χ3n) is 3.02. The van der Waals surface area contributed by atoms with E-state index < -0.39 is 11.8 Å². The molecule has 108 valence electrons. The summed E-state index contributed by atoms with van der Waals surface area (Å²) >= 11 is 3.42. The average molecular weight is 347 g/mol. The summed E-state index contributed by atoms with van der Waals surface area (Å²) in [5, 5.41) is 0. The molecular formula is C17H15BrO3. The Morgan fingerprint density at radius 3 is 2.33 bits per heavy atom. The van der Waals surface area contributed by atoms with Crippen molar-refractivity contribution in [1.29, 1.82) is 0 Å². The molecule has 3 nitrogen and oxygen atoms in total. The van der Waals surface area contributed by atoms with E-state index in [1.54, 1.807) is 0 Å². The molecular weight excluding hydrogens is 332 g/mol. The number of carbonyl (C=O) groups is 2. The Balaban J connectivity index is 1.80. The van der Waals surface area contributed by atoms with Crippen molar-refractivity contribution in [3.05, 3.63) is 70.2 Å². The molecule has 0 bridgehead atoms. The van der Waals surface area contributed by atoms with Gasteiger partial charge in [0, 0.05) is 10.9 Å². The molecule has 0 atom stereocenters. The van der Waals surface area contributed by atoms with Gasteiger partial charge in [-0.15, -0.1) is 0 Å². The number of hydrogen-bond donors (Lipinski definition) is 0. The second-order valence-corrected chi connectivity index (χ2v) is 5.43. The molecule has 4 heteroatoms. The fourth-order valence-electron chi connectivity index (χ4n) is 1.86. The van der Waals surface area contributed by atoms with Crippen LogP contribution in [0.15, 0.2) is 59.1 Å². The quantitative estimate of drug-likeness (QED) is 0.591. The van der Waals surface area contributed by atoms with Gasteiger partial charge in [-0.2, -0.15) is 0 Å². The van der Waals surface area contributed by atoms with Crippen LogP contribution in [0.1, 0.15) is 17.5 Å². The molecule has 21 heavy (non-hydrogen) atoms. The lowest BCUT2D eigenvalue weighted by Gasteiger charge is -2.05. The molecule has 0 fully saturated rings. The smallest absolute Gasteiger partial charge is 0.374 e. The predicted molar refractivity (Wildman–Crippen MR) is 83.7 cm³/mol. The first-order valence-electron chi connectivity index (χ1n) is 6.64. The zero-order valence-corrected chi connectivity index (χ0v) is 13.0. The molecule has 0 aliphatic heterocycles. The van der Waals surface area contributed by atoms with Crippen LogP contribution in [0.2, 0.25) is 0 Å². The number of hydrogen-bond acceptors (Lipinski definition) is 3. The van der Waals surface area contributed by atoms with Crippen LogP contribution in [0.5, 0.6) is 0 Å². The van der Waals surface area contributed by atoms with Gasteiger partial charge in [0.25, 0.3) is 0 Å². The molecule has 0 spiro atoms. The third kappa shape index (κ3) is 4.83. The average Bonchev–Trinajstić information content (AvgIpc) is 2.52. The van der Waals surface area contributed by atoms with E-state index in [-0.39, 0.29) is 13.0 Å². The number of ketones is 1. The Labute approximate surface area is 132 Å². The summed E-state index contributed by atoms with van der Waals surface area (Å²) in [4.78, 5) is 23.4. The largest absolute Gasteiger partial charge is 0.455 e. The fraction of sp³-hybridized carbons (Fsp3) is 0.176. The van der Waals surface area contributed by atoms with Gasteiger partial charge < -0.3 is 4.74 Å². The van der Waals surface area contributed by atoms with Gasteiger partial charge in [0.05, 0.1) is 0 Å². The number of esters is 1. The minimum atomic E-state index is -0.772. The van der Waals surface area contributed by atoms with E-state index >= 15 is 0 Å². The van der Waals surface area contributed by atoms with Crippen molar-refractivity contribution in [3.63, 3.8) is 0 Å². The van der Waals surface area contributed by atoms with Gasteiger partial charge >= 0.3 is 5.97 Å². The Hall–Kier alpha value is -1.94. The standard InChI is InChI=1S/C17H15BrO3/c18-15-9-5-4-8-14(15)10-11-16(19)17(20)21-12-13-6-2-1-3-7-13/h1-9H,10-12H2. The van der Waals surface area contributed by atoms with Gasteiger partial charge in [-0.3, -0.25) is 4.79 Å². The molecule has 0 saturated carbocycles. The molecule has 0 unspecified atom stereocenters. The molecule has 0 N–H and O–H groups in total. The van der Waals surface area contributed by atoms with Crippen LogP contribution in [0, 0.1) is 0 Å². The van der Waals surface area contributed by atoms with Crippen molar-refractivity contribution in [1.82, 2.24) is 0 Å². The number of benzene rings is 2. The first kappa shape index (κ1) is 15.4. The maximum atomic E-state index is 11.8. The summed E-state index contributed by atoms with van der Waals surface area (Å²) < 4.78 is 5.95. The molecule has 0 aromatic heterocycles.